The van der Waals surface area contributed by atoms with Gasteiger partial charge in [-0.05, 0) is 86.7 Å². The van der Waals surface area contributed by atoms with Gasteiger partial charge < -0.3 is 28.2 Å². The first kappa shape index (κ1) is 53.7. The third-order valence-electron chi connectivity index (χ3n) is 13.1. The van der Waals surface area contributed by atoms with Crippen LogP contribution in [0.25, 0.3) is 0 Å². The van der Waals surface area contributed by atoms with E-state index in [4.69, 9.17) is 18.0 Å². The Morgan fingerprint density at radius 3 is 1.47 bits per heavy atom. The number of aliphatic hydroxyl groups excluding tert-OH is 2. The van der Waals surface area contributed by atoms with Crippen molar-refractivity contribution in [3.63, 3.8) is 0 Å². The van der Waals surface area contributed by atoms with Crippen molar-refractivity contribution in [1.29, 1.82) is 0 Å². The van der Waals surface area contributed by atoms with Gasteiger partial charge in [0, 0.05) is 6.42 Å². The molecule has 10 heteroatoms. The standard InChI is InChI=1S/C47H88O7Si3/c1-33(2)55(34(3)4,35(5)6)52-44(43-25-20-19-24-42(43)32-49)28-29-47(50)51-31-22-21-26-45(53-56(36(7)8,37(9)10)38(11)12)46(27-23-30-48)54-57(39(13)14,40(15)16)41(17)18/h19-20,24-25,33-41,44-46,48-49H,21-22,26,28-32H2,1-18H3/t44?,45-,46+/m1/s1. The number of ether oxygens (including phenoxy) is 1. The van der Waals surface area contributed by atoms with Crippen molar-refractivity contribution in [2.24, 2.45) is 0 Å². The van der Waals surface area contributed by atoms with Gasteiger partial charge in [-0.1, -0.05) is 161 Å². The molecule has 0 aliphatic carbocycles. The number of esters is 1. The molecule has 330 valence electrons. The number of aliphatic hydroxyl groups is 2. The first-order chi connectivity index (χ1) is 26.5. The Kier molecular flexibility index (Phi) is 23.4. The summed E-state index contributed by atoms with van der Waals surface area (Å²) in [4.78, 5) is 13.4. The van der Waals surface area contributed by atoms with Gasteiger partial charge in [0.25, 0.3) is 0 Å². The largest absolute Gasteiger partial charge is 0.466 e. The van der Waals surface area contributed by atoms with E-state index in [0.29, 0.717) is 69.3 Å². The predicted molar refractivity (Wildman–Crippen MR) is 248 cm³/mol. The number of carbonyl (C=O) groups is 1. The smallest absolute Gasteiger partial charge is 0.305 e. The molecule has 0 aliphatic rings. The SMILES string of the molecule is CC(C)[Si](OC(CCC(=O)OCCCC[C@@H](O[Si](C(C)C)(C(C)C)C(C)C)[C@H](C#CCO)O[Si](C(C)C)(C(C)C)C(C)C)c1ccccc1CO)(C(C)C)C(C)C. The molecule has 0 saturated carbocycles. The Morgan fingerprint density at radius 1 is 0.596 bits per heavy atom. The molecule has 1 rings (SSSR count). The van der Waals surface area contributed by atoms with Crippen LogP contribution in [0, 0.1) is 11.8 Å². The molecule has 1 aromatic carbocycles. The van der Waals surface area contributed by atoms with Crippen LogP contribution >= 0.6 is 0 Å². The van der Waals surface area contributed by atoms with Crippen molar-refractivity contribution >= 4 is 30.9 Å². The molecule has 1 unspecified atom stereocenters. The monoisotopic (exact) mass is 849 g/mol. The van der Waals surface area contributed by atoms with Crippen LogP contribution in [0.15, 0.2) is 24.3 Å². The average Bonchev–Trinajstić information content (AvgIpc) is 3.11. The van der Waals surface area contributed by atoms with Crippen molar-refractivity contribution in [2.45, 2.75) is 232 Å². The van der Waals surface area contributed by atoms with E-state index in [1.807, 2.05) is 24.3 Å². The van der Waals surface area contributed by atoms with Gasteiger partial charge in [-0.15, -0.1) is 0 Å². The van der Waals surface area contributed by atoms with Crippen molar-refractivity contribution in [3.8, 4) is 11.8 Å². The Labute approximate surface area is 354 Å². The number of hydrogen-bond acceptors (Lipinski definition) is 7. The van der Waals surface area contributed by atoms with Crippen LogP contribution in [0.1, 0.15) is 174 Å². The second-order valence-electron chi connectivity index (χ2n) is 19.3. The van der Waals surface area contributed by atoms with Crippen LogP contribution in [-0.4, -0.2) is 66.6 Å². The van der Waals surface area contributed by atoms with Gasteiger partial charge in [0.1, 0.15) is 12.7 Å². The van der Waals surface area contributed by atoms with Gasteiger partial charge in [0.05, 0.1) is 25.4 Å². The van der Waals surface area contributed by atoms with Crippen LogP contribution in [0.3, 0.4) is 0 Å². The number of hydrogen-bond donors (Lipinski definition) is 2. The highest BCUT2D eigenvalue weighted by molar-refractivity contribution is 6.78. The summed E-state index contributed by atoms with van der Waals surface area (Å²) in [6.07, 6.45) is 1.91. The Balaban J connectivity index is 3.36. The number of benzene rings is 1. The van der Waals surface area contributed by atoms with E-state index in [1.54, 1.807) is 0 Å². The minimum atomic E-state index is -2.35. The third kappa shape index (κ3) is 13.6. The molecule has 0 radical (unpaired) electrons. The quantitative estimate of drug-likeness (QED) is 0.0415. The molecule has 1 aromatic rings. The van der Waals surface area contributed by atoms with Gasteiger partial charge in [-0.3, -0.25) is 4.79 Å². The molecule has 0 aliphatic heterocycles. The summed E-state index contributed by atoms with van der Waals surface area (Å²) < 4.78 is 28.1. The molecule has 7 nitrogen and oxygen atoms in total. The normalized spacial score (nSPS) is 14.8. The fourth-order valence-electron chi connectivity index (χ4n) is 10.8. The lowest BCUT2D eigenvalue weighted by atomic mass is 9.99. The van der Waals surface area contributed by atoms with Crippen LogP contribution in [-0.2, 0) is 29.4 Å². The molecule has 0 fully saturated rings. The highest BCUT2D eigenvalue weighted by atomic mass is 28.4. The maximum Gasteiger partial charge on any atom is 0.305 e. The van der Waals surface area contributed by atoms with Crippen molar-refractivity contribution < 1.29 is 33.0 Å². The van der Waals surface area contributed by atoms with E-state index < -0.39 is 31.1 Å². The van der Waals surface area contributed by atoms with E-state index in [0.717, 1.165) is 24.0 Å². The lowest BCUT2D eigenvalue weighted by Crippen LogP contribution is -2.56. The van der Waals surface area contributed by atoms with E-state index >= 15 is 0 Å². The van der Waals surface area contributed by atoms with Crippen LogP contribution < -0.4 is 0 Å². The average molecular weight is 849 g/mol. The highest BCUT2D eigenvalue weighted by Crippen LogP contribution is 2.48. The zero-order chi connectivity index (χ0) is 43.9. The molecule has 0 amide bonds. The molecule has 57 heavy (non-hydrogen) atoms. The molecule has 0 bridgehead atoms. The number of unbranched alkanes of at least 4 members (excludes halogenated alkanes) is 1. The Morgan fingerprint density at radius 2 is 1.04 bits per heavy atom. The van der Waals surface area contributed by atoms with Gasteiger partial charge in [-0.25, -0.2) is 0 Å². The topological polar surface area (TPSA) is 94.5 Å². The Bertz CT molecular complexity index is 1300. The number of rotatable bonds is 26. The van der Waals surface area contributed by atoms with Gasteiger partial charge in [0.2, 0.25) is 25.0 Å². The maximum atomic E-state index is 13.4. The van der Waals surface area contributed by atoms with Crippen LogP contribution in [0.2, 0.25) is 49.9 Å². The maximum absolute atomic E-state index is 13.4. The molecule has 0 spiro atoms. The van der Waals surface area contributed by atoms with Crippen LogP contribution in [0.4, 0.5) is 0 Å². The molecular weight excluding hydrogens is 761 g/mol. The van der Waals surface area contributed by atoms with E-state index in [1.165, 1.54) is 0 Å². The first-order valence-electron chi connectivity index (χ1n) is 22.5. The number of carbonyl (C=O) groups excluding carboxylic acids is 1. The second kappa shape index (κ2) is 24.8. The van der Waals surface area contributed by atoms with Crippen molar-refractivity contribution in [2.75, 3.05) is 13.2 Å². The molecule has 2 N–H and O–H groups in total. The summed E-state index contributed by atoms with van der Waals surface area (Å²) in [6, 6.07) is 7.91. The molecule has 0 saturated heterocycles. The van der Waals surface area contributed by atoms with E-state index in [2.05, 4.69) is 136 Å². The zero-order valence-electron chi connectivity index (χ0n) is 39.8. The lowest BCUT2D eigenvalue weighted by Gasteiger charge is -2.48. The lowest BCUT2D eigenvalue weighted by molar-refractivity contribution is -0.144. The first-order valence-corrected chi connectivity index (χ1v) is 28.9. The van der Waals surface area contributed by atoms with Crippen LogP contribution in [0.5, 0.6) is 0 Å². The van der Waals surface area contributed by atoms with Gasteiger partial charge in [-0.2, -0.15) is 0 Å². The molecule has 0 aromatic heterocycles. The third-order valence-corrected chi connectivity index (χ3v) is 31.5. The zero-order valence-corrected chi connectivity index (χ0v) is 42.8. The molecule has 3 atom stereocenters. The fourth-order valence-corrected chi connectivity index (χ4v) is 27.4. The fraction of sp³-hybridized carbons (Fsp3) is 0.809. The van der Waals surface area contributed by atoms with Gasteiger partial charge in [0.15, 0.2) is 0 Å². The predicted octanol–water partition coefficient (Wildman–Crippen LogP) is 13.0. The van der Waals surface area contributed by atoms with Gasteiger partial charge >= 0.3 is 5.97 Å². The summed E-state index contributed by atoms with van der Waals surface area (Å²) in [5.41, 5.74) is 5.25. The second-order valence-corrected chi connectivity index (χ2v) is 35.6. The van der Waals surface area contributed by atoms with Crippen molar-refractivity contribution in [1.82, 2.24) is 0 Å². The summed E-state index contributed by atoms with van der Waals surface area (Å²) in [5, 5.41) is 20.2. The minimum Gasteiger partial charge on any atom is -0.466 e. The van der Waals surface area contributed by atoms with E-state index in [-0.39, 0.29) is 37.8 Å². The van der Waals surface area contributed by atoms with E-state index in [9.17, 15) is 15.0 Å². The summed E-state index contributed by atoms with van der Waals surface area (Å²) in [6.45, 7) is 41.2. The van der Waals surface area contributed by atoms with Crippen molar-refractivity contribution in [3.05, 3.63) is 35.4 Å². The molecular formula is C47H88O7Si3. The highest BCUT2D eigenvalue weighted by Gasteiger charge is 2.51. The summed E-state index contributed by atoms with van der Waals surface area (Å²) in [5.74, 6) is 6.12. The summed E-state index contributed by atoms with van der Waals surface area (Å²) >= 11 is 0. The summed E-state index contributed by atoms with van der Waals surface area (Å²) in [7, 11) is -6.98. The minimum absolute atomic E-state index is 0.0764. The molecule has 0 heterocycles. The Hall–Kier alpha value is -1.30.